The van der Waals surface area contributed by atoms with Gasteiger partial charge in [-0.05, 0) is 18.5 Å². The molecule has 2 heterocycles. The van der Waals surface area contributed by atoms with E-state index in [1.54, 1.807) is 6.92 Å². The summed E-state index contributed by atoms with van der Waals surface area (Å²) in [5.41, 5.74) is 0.445. The van der Waals surface area contributed by atoms with E-state index in [0.29, 0.717) is 18.8 Å². The van der Waals surface area contributed by atoms with Gasteiger partial charge >= 0.3 is 5.97 Å². The summed E-state index contributed by atoms with van der Waals surface area (Å²) < 4.78 is 9.10. The summed E-state index contributed by atoms with van der Waals surface area (Å²) in [7, 11) is 0. The molecule has 0 aliphatic carbocycles. The van der Waals surface area contributed by atoms with Crippen molar-refractivity contribution in [2.75, 3.05) is 25.1 Å². The van der Waals surface area contributed by atoms with Gasteiger partial charge in [-0.25, -0.2) is 4.79 Å². The number of carboxylic acids is 1. The third-order valence-corrected chi connectivity index (χ3v) is 3.41. The lowest BCUT2D eigenvalue weighted by Gasteiger charge is -2.22. The topological polar surface area (TPSA) is 101 Å². The molecule has 98 valence electrons. The van der Waals surface area contributed by atoms with Crippen LogP contribution in [0, 0.1) is 6.92 Å². The first-order valence-electron chi connectivity index (χ1n) is 5.41. The standard InChI is InChI=1S/C10H13N3O4S/c1-5-7(10(15)16)9(18-13-5)12-8(14)6-4-17-3-2-11-6/h6,11H,2-4H2,1H3,(H,12,14)(H,15,16). The maximum absolute atomic E-state index is 11.9. The highest BCUT2D eigenvalue weighted by molar-refractivity contribution is 7.11. The van der Waals surface area contributed by atoms with Crippen LogP contribution in [0.3, 0.4) is 0 Å². The summed E-state index contributed by atoms with van der Waals surface area (Å²) in [6, 6.07) is -0.456. The van der Waals surface area contributed by atoms with Crippen molar-refractivity contribution in [3.05, 3.63) is 11.3 Å². The van der Waals surface area contributed by atoms with Gasteiger partial charge in [0.25, 0.3) is 0 Å². The molecule has 3 N–H and O–H groups in total. The molecule has 2 rings (SSSR count). The number of morpholine rings is 1. The highest BCUT2D eigenvalue weighted by Gasteiger charge is 2.25. The molecule has 0 saturated carbocycles. The predicted molar refractivity (Wildman–Crippen MR) is 65.0 cm³/mol. The second kappa shape index (κ2) is 5.42. The Morgan fingerprint density at radius 2 is 2.39 bits per heavy atom. The van der Waals surface area contributed by atoms with E-state index in [-0.39, 0.29) is 23.1 Å². The van der Waals surface area contributed by atoms with E-state index >= 15 is 0 Å². The van der Waals surface area contributed by atoms with Crippen LogP contribution in [0.15, 0.2) is 0 Å². The summed E-state index contributed by atoms with van der Waals surface area (Å²) in [4.78, 5) is 22.9. The summed E-state index contributed by atoms with van der Waals surface area (Å²) in [5, 5.41) is 14.9. The fourth-order valence-corrected chi connectivity index (χ4v) is 2.43. The number of ether oxygens (including phenoxy) is 1. The molecular weight excluding hydrogens is 258 g/mol. The molecule has 1 fully saturated rings. The minimum Gasteiger partial charge on any atom is -0.478 e. The fraction of sp³-hybridized carbons (Fsp3) is 0.500. The van der Waals surface area contributed by atoms with Gasteiger partial charge in [-0.1, -0.05) is 0 Å². The number of carbonyl (C=O) groups excluding carboxylic acids is 1. The monoisotopic (exact) mass is 271 g/mol. The van der Waals surface area contributed by atoms with Crippen LogP contribution in [0.25, 0.3) is 0 Å². The molecule has 1 atom stereocenters. The fourth-order valence-electron chi connectivity index (χ4n) is 1.64. The molecule has 0 spiro atoms. The molecule has 1 aromatic heterocycles. The highest BCUT2D eigenvalue weighted by Crippen LogP contribution is 2.24. The number of carbonyl (C=O) groups is 2. The van der Waals surface area contributed by atoms with Gasteiger partial charge in [0, 0.05) is 6.54 Å². The van der Waals surface area contributed by atoms with E-state index in [4.69, 9.17) is 9.84 Å². The van der Waals surface area contributed by atoms with E-state index in [2.05, 4.69) is 15.0 Å². The van der Waals surface area contributed by atoms with Crippen molar-refractivity contribution in [1.82, 2.24) is 9.69 Å². The largest absolute Gasteiger partial charge is 0.478 e. The van der Waals surface area contributed by atoms with Crippen molar-refractivity contribution in [2.24, 2.45) is 0 Å². The molecule has 7 nitrogen and oxygen atoms in total. The van der Waals surface area contributed by atoms with Gasteiger partial charge < -0.3 is 20.5 Å². The molecule has 1 aromatic rings. The molecule has 0 bridgehead atoms. The average Bonchev–Trinajstić information content (AvgIpc) is 2.71. The summed E-state index contributed by atoms with van der Waals surface area (Å²) in [6.45, 7) is 3.05. The smallest absolute Gasteiger partial charge is 0.340 e. The lowest BCUT2D eigenvalue weighted by molar-refractivity contribution is -0.120. The highest BCUT2D eigenvalue weighted by atomic mass is 32.1. The van der Waals surface area contributed by atoms with Crippen LogP contribution >= 0.6 is 11.5 Å². The summed E-state index contributed by atoms with van der Waals surface area (Å²) in [6.07, 6.45) is 0. The molecule has 1 aliphatic heterocycles. The Labute approximate surface area is 107 Å². The molecule has 1 saturated heterocycles. The van der Waals surface area contributed by atoms with Crippen molar-refractivity contribution in [1.29, 1.82) is 0 Å². The second-order valence-electron chi connectivity index (χ2n) is 3.85. The number of aromatic carboxylic acids is 1. The van der Waals surface area contributed by atoms with E-state index in [1.807, 2.05) is 0 Å². The van der Waals surface area contributed by atoms with Crippen molar-refractivity contribution in [3.63, 3.8) is 0 Å². The molecule has 8 heteroatoms. The van der Waals surface area contributed by atoms with Crippen molar-refractivity contribution >= 4 is 28.4 Å². The van der Waals surface area contributed by atoms with E-state index in [0.717, 1.165) is 11.5 Å². The average molecular weight is 271 g/mol. The van der Waals surface area contributed by atoms with Crippen molar-refractivity contribution < 1.29 is 19.4 Å². The molecule has 0 aromatic carbocycles. The Morgan fingerprint density at radius 1 is 1.61 bits per heavy atom. The maximum atomic E-state index is 11.9. The first kappa shape index (κ1) is 12.9. The lowest BCUT2D eigenvalue weighted by Crippen LogP contribution is -2.48. The summed E-state index contributed by atoms with van der Waals surface area (Å²) >= 11 is 0.965. The van der Waals surface area contributed by atoms with E-state index in [9.17, 15) is 9.59 Å². The Balaban J connectivity index is 2.09. The van der Waals surface area contributed by atoms with Crippen LogP contribution in [-0.2, 0) is 9.53 Å². The van der Waals surface area contributed by atoms with Crippen LogP contribution in [-0.4, -0.2) is 47.2 Å². The van der Waals surface area contributed by atoms with Crippen LogP contribution < -0.4 is 10.6 Å². The van der Waals surface area contributed by atoms with E-state index in [1.165, 1.54) is 0 Å². The Kier molecular flexibility index (Phi) is 3.90. The number of aromatic nitrogens is 1. The van der Waals surface area contributed by atoms with Crippen LogP contribution in [0.4, 0.5) is 5.00 Å². The number of rotatable bonds is 3. The zero-order valence-electron chi connectivity index (χ0n) is 9.73. The summed E-state index contributed by atoms with van der Waals surface area (Å²) in [5.74, 6) is -1.40. The minimum absolute atomic E-state index is 0.0464. The number of aryl methyl sites for hydroxylation is 1. The van der Waals surface area contributed by atoms with Crippen LogP contribution in [0.5, 0.6) is 0 Å². The zero-order chi connectivity index (χ0) is 13.1. The van der Waals surface area contributed by atoms with Gasteiger partial charge in [0.05, 0.1) is 18.9 Å². The molecule has 18 heavy (non-hydrogen) atoms. The van der Waals surface area contributed by atoms with Gasteiger partial charge in [-0.15, -0.1) is 0 Å². The van der Waals surface area contributed by atoms with Gasteiger partial charge in [-0.2, -0.15) is 4.37 Å². The van der Waals surface area contributed by atoms with Gasteiger partial charge in [-0.3, -0.25) is 4.79 Å². The third-order valence-electron chi connectivity index (χ3n) is 2.55. The van der Waals surface area contributed by atoms with Gasteiger partial charge in [0.1, 0.15) is 16.6 Å². The molecule has 1 unspecified atom stereocenters. The minimum atomic E-state index is -1.09. The van der Waals surface area contributed by atoms with Crippen molar-refractivity contribution in [3.8, 4) is 0 Å². The number of nitrogens with zero attached hydrogens (tertiary/aromatic N) is 1. The maximum Gasteiger partial charge on any atom is 0.340 e. The van der Waals surface area contributed by atoms with Crippen LogP contribution in [0.2, 0.25) is 0 Å². The number of hydrogen-bond donors (Lipinski definition) is 3. The number of amides is 1. The van der Waals surface area contributed by atoms with Gasteiger partial charge in [0.15, 0.2) is 0 Å². The number of anilines is 1. The normalized spacial score (nSPS) is 19.5. The number of hydrogen-bond acceptors (Lipinski definition) is 6. The zero-order valence-corrected chi connectivity index (χ0v) is 10.5. The lowest BCUT2D eigenvalue weighted by atomic mass is 10.2. The SMILES string of the molecule is Cc1nsc(NC(=O)C2COCCN2)c1C(=O)O. The predicted octanol–water partition coefficient (Wildman–Crippen LogP) is 0.0766. The quantitative estimate of drug-likeness (QED) is 0.719. The molecule has 1 amide bonds. The van der Waals surface area contributed by atoms with Crippen molar-refractivity contribution in [2.45, 2.75) is 13.0 Å². The number of nitrogens with one attached hydrogen (secondary N) is 2. The number of carboxylic acid groups (broad SMARTS) is 1. The third kappa shape index (κ3) is 2.66. The molecular formula is C10H13N3O4S. The Bertz CT molecular complexity index is 468. The Morgan fingerprint density at radius 3 is 3.00 bits per heavy atom. The van der Waals surface area contributed by atoms with Gasteiger partial charge in [0.2, 0.25) is 5.91 Å². The van der Waals surface area contributed by atoms with E-state index < -0.39 is 12.0 Å². The molecule has 0 radical (unpaired) electrons. The second-order valence-corrected chi connectivity index (χ2v) is 4.62. The van der Waals surface area contributed by atoms with Crippen LogP contribution in [0.1, 0.15) is 16.1 Å². The first-order valence-corrected chi connectivity index (χ1v) is 6.18. The molecule has 1 aliphatic rings. The Hall–Kier alpha value is -1.51. The first-order chi connectivity index (χ1) is 8.59.